The van der Waals surface area contributed by atoms with Gasteiger partial charge in [-0.2, -0.15) is 5.26 Å². The maximum atomic E-state index is 11.9. The van der Waals surface area contributed by atoms with Gasteiger partial charge in [0.05, 0.1) is 23.0 Å². The van der Waals surface area contributed by atoms with Crippen LogP contribution in [-0.4, -0.2) is 25.7 Å². The van der Waals surface area contributed by atoms with Crippen molar-refractivity contribution >= 4 is 10.0 Å². The molecular weight excluding hydrogens is 276 g/mol. The number of hydrogen-bond acceptors (Lipinski definition) is 4. The maximum absolute atomic E-state index is 11.9. The number of nitrogens with one attached hydrogen (secondary N) is 1. The molecule has 0 fully saturated rings. The summed E-state index contributed by atoms with van der Waals surface area (Å²) in [6.07, 6.45) is 1.30. The van der Waals surface area contributed by atoms with E-state index in [1.807, 2.05) is 13.0 Å². The number of aliphatic hydroxyl groups is 1. The molecule has 1 rings (SSSR count). The quantitative estimate of drug-likeness (QED) is 0.798. The maximum Gasteiger partial charge on any atom is 0.215 e. The molecule has 6 heteroatoms. The van der Waals surface area contributed by atoms with Gasteiger partial charge in [0.1, 0.15) is 0 Å². The summed E-state index contributed by atoms with van der Waals surface area (Å²) in [5.74, 6) is -0.204. The molecule has 0 bridgehead atoms. The van der Waals surface area contributed by atoms with E-state index in [2.05, 4.69) is 4.72 Å². The minimum Gasteiger partial charge on any atom is -0.389 e. The minimum absolute atomic E-state index is 0.0128. The molecule has 2 N–H and O–H groups in total. The van der Waals surface area contributed by atoms with Crippen molar-refractivity contribution in [2.24, 2.45) is 0 Å². The first kappa shape index (κ1) is 16.6. The molecule has 20 heavy (non-hydrogen) atoms. The van der Waals surface area contributed by atoms with Crippen LogP contribution in [0.5, 0.6) is 0 Å². The van der Waals surface area contributed by atoms with Gasteiger partial charge >= 0.3 is 0 Å². The third-order valence-corrected chi connectivity index (χ3v) is 4.17. The molecule has 0 aliphatic carbocycles. The number of benzene rings is 1. The van der Waals surface area contributed by atoms with E-state index in [1.54, 1.807) is 31.2 Å². The second-order valence-electron chi connectivity index (χ2n) is 5.14. The fourth-order valence-corrected chi connectivity index (χ4v) is 3.14. The van der Waals surface area contributed by atoms with E-state index in [-0.39, 0.29) is 12.3 Å². The van der Waals surface area contributed by atoms with Crippen LogP contribution in [0.25, 0.3) is 0 Å². The van der Waals surface area contributed by atoms with Gasteiger partial charge < -0.3 is 5.11 Å². The summed E-state index contributed by atoms with van der Waals surface area (Å²) in [5.41, 5.74) is -0.0709. The Bertz CT molecular complexity index is 589. The fourth-order valence-electron chi connectivity index (χ4n) is 1.89. The van der Waals surface area contributed by atoms with Crippen LogP contribution in [0.15, 0.2) is 24.3 Å². The van der Waals surface area contributed by atoms with Crippen LogP contribution in [0.2, 0.25) is 0 Å². The summed E-state index contributed by atoms with van der Waals surface area (Å²) in [7, 11) is -3.53. The number of sulfonamides is 1. The van der Waals surface area contributed by atoms with Gasteiger partial charge in [0.25, 0.3) is 0 Å². The van der Waals surface area contributed by atoms with Gasteiger partial charge in [-0.1, -0.05) is 25.5 Å². The first-order valence-electron chi connectivity index (χ1n) is 6.47. The first-order valence-corrected chi connectivity index (χ1v) is 8.12. The molecule has 0 spiro atoms. The Kier molecular flexibility index (Phi) is 5.69. The summed E-state index contributed by atoms with van der Waals surface area (Å²) in [6, 6.07) is 8.44. The molecule has 0 saturated heterocycles. The van der Waals surface area contributed by atoms with Crippen LogP contribution in [0.4, 0.5) is 0 Å². The summed E-state index contributed by atoms with van der Waals surface area (Å²) < 4.78 is 26.3. The lowest BCUT2D eigenvalue weighted by molar-refractivity contribution is 0.0554. The molecule has 1 atom stereocenters. The average Bonchev–Trinajstić information content (AvgIpc) is 2.36. The van der Waals surface area contributed by atoms with E-state index in [4.69, 9.17) is 5.26 Å². The lowest BCUT2D eigenvalue weighted by Crippen LogP contribution is -2.40. The molecular formula is C14H20N2O3S. The third kappa shape index (κ3) is 5.70. The molecule has 0 aromatic heterocycles. The third-order valence-electron chi connectivity index (χ3n) is 2.87. The SMILES string of the molecule is CCCC(C)(O)CNS(=O)(=O)Cc1cccc(C#N)c1. The number of rotatable bonds is 7. The zero-order valence-corrected chi connectivity index (χ0v) is 12.6. The van der Waals surface area contributed by atoms with E-state index in [0.717, 1.165) is 6.42 Å². The van der Waals surface area contributed by atoms with Crippen molar-refractivity contribution in [2.45, 2.75) is 38.0 Å². The van der Waals surface area contributed by atoms with Gasteiger partial charge in [-0.15, -0.1) is 0 Å². The Hall–Kier alpha value is -1.42. The molecule has 0 heterocycles. The van der Waals surface area contributed by atoms with Crippen molar-refractivity contribution < 1.29 is 13.5 Å². The van der Waals surface area contributed by atoms with Crippen LogP contribution in [-0.2, 0) is 15.8 Å². The normalized spacial score (nSPS) is 14.5. The second kappa shape index (κ2) is 6.84. The van der Waals surface area contributed by atoms with Crippen LogP contribution < -0.4 is 4.72 Å². The zero-order chi connectivity index (χ0) is 15.2. The topological polar surface area (TPSA) is 90.2 Å². The van der Waals surface area contributed by atoms with Crippen molar-refractivity contribution in [1.29, 1.82) is 5.26 Å². The van der Waals surface area contributed by atoms with E-state index in [9.17, 15) is 13.5 Å². The second-order valence-corrected chi connectivity index (χ2v) is 6.95. The number of hydrogen-bond donors (Lipinski definition) is 2. The zero-order valence-electron chi connectivity index (χ0n) is 11.8. The van der Waals surface area contributed by atoms with Gasteiger partial charge in [0.2, 0.25) is 10.0 Å². The first-order chi connectivity index (χ1) is 9.28. The Morgan fingerprint density at radius 2 is 2.15 bits per heavy atom. The lowest BCUT2D eigenvalue weighted by atomic mass is 10.0. The Morgan fingerprint density at radius 3 is 2.75 bits per heavy atom. The highest BCUT2D eigenvalue weighted by Gasteiger charge is 2.22. The standard InChI is InChI=1S/C14H20N2O3S/c1-3-7-14(2,17)11-16-20(18,19)10-13-6-4-5-12(8-13)9-15/h4-6,8,16-17H,3,7,10-11H2,1-2H3. The van der Waals surface area contributed by atoms with Gasteiger partial charge in [-0.25, -0.2) is 13.1 Å². The van der Waals surface area contributed by atoms with Crippen molar-refractivity contribution in [3.8, 4) is 6.07 Å². The molecule has 0 amide bonds. The molecule has 5 nitrogen and oxygen atoms in total. The summed E-state index contributed by atoms with van der Waals surface area (Å²) >= 11 is 0. The number of nitrogens with zero attached hydrogens (tertiary/aromatic N) is 1. The fraction of sp³-hybridized carbons (Fsp3) is 0.500. The monoisotopic (exact) mass is 296 g/mol. The van der Waals surface area contributed by atoms with Crippen molar-refractivity contribution in [3.63, 3.8) is 0 Å². The Labute approximate surface area is 120 Å². The van der Waals surface area contributed by atoms with Gasteiger partial charge in [-0.05, 0) is 31.0 Å². The summed E-state index contributed by atoms with van der Waals surface area (Å²) in [4.78, 5) is 0. The molecule has 0 aliphatic rings. The molecule has 1 aromatic rings. The highest BCUT2D eigenvalue weighted by molar-refractivity contribution is 7.88. The summed E-state index contributed by atoms with van der Waals surface area (Å²) in [5, 5.41) is 18.7. The van der Waals surface area contributed by atoms with Gasteiger partial charge in [-0.3, -0.25) is 0 Å². The highest BCUT2D eigenvalue weighted by Crippen LogP contribution is 2.12. The van der Waals surface area contributed by atoms with Crippen LogP contribution in [0.1, 0.15) is 37.8 Å². The van der Waals surface area contributed by atoms with Crippen LogP contribution >= 0.6 is 0 Å². The van der Waals surface area contributed by atoms with E-state index >= 15 is 0 Å². The Balaban J connectivity index is 2.68. The molecule has 0 radical (unpaired) electrons. The van der Waals surface area contributed by atoms with Crippen molar-refractivity contribution in [3.05, 3.63) is 35.4 Å². The van der Waals surface area contributed by atoms with Gasteiger partial charge in [0.15, 0.2) is 0 Å². The van der Waals surface area contributed by atoms with E-state index < -0.39 is 15.6 Å². The van der Waals surface area contributed by atoms with Crippen molar-refractivity contribution in [2.75, 3.05) is 6.54 Å². The molecule has 1 unspecified atom stereocenters. The summed E-state index contributed by atoms with van der Waals surface area (Å²) in [6.45, 7) is 3.52. The molecule has 0 saturated carbocycles. The predicted octanol–water partition coefficient (Wildman–Crippen LogP) is 1.53. The van der Waals surface area contributed by atoms with Crippen molar-refractivity contribution in [1.82, 2.24) is 4.72 Å². The smallest absolute Gasteiger partial charge is 0.215 e. The van der Waals surface area contributed by atoms with Crippen LogP contribution in [0.3, 0.4) is 0 Å². The number of nitriles is 1. The highest BCUT2D eigenvalue weighted by atomic mass is 32.2. The molecule has 0 aliphatic heterocycles. The van der Waals surface area contributed by atoms with Crippen LogP contribution in [0, 0.1) is 11.3 Å². The predicted molar refractivity (Wildman–Crippen MR) is 77.3 cm³/mol. The van der Waals surface area contributed by atoms with E-state index in [0.29, 0.717) is 17.5 Å². The van der Waals surface area contributed by atoms with E-state index in [1.165, 1.54) is 0 Å². The van der Waals surface area contributed by atoms with Gasteiger partial charge in [0, 0.05) is 6.54 Å². The largest absolute Gasteiger partial charge is 0.389 e. The molecule has 1 aromatic carbocycles. The lowest BCUT2D eigenvalue weighted by Gasteiger charge is -2.22. The Morgan fingerprint density at radius 1 is 1.45 bits per heavy atom. The minimum atomic E-state index is -3.53. The average molecular weight is 296 g/mol. The molecule has 110 valence electrons.